The summed E-state index contributed by atoms with van der Waals surface area (Å²) in [6.07, 6.45) is 1.45. The first kappa shape index (κ1) is 12.0. The highest BCUT2D eigenvalue weighted by atomic mass is 16.5. The van der Waals surface area contributed by atoms with Gasteiger partial charge in [-0.15, -0.1) is 0 Å². The van der Waals surface area contributed by atoms with Crippen LogP contribution in [0, 0.1) is 5.92 Å². The fourth-order valence-corrected chi connectivity index (χ4v) is 1.46. The molecule has 1 unspecified atom stereocenters. The topological polar surface area (TPSA) is 75.6 Å². The molecule has 0 aromatic heterocycles. The Balaban J connectivity index is 2.52. The Bertz CT molecular complexity index is 258. The third-order valence-electron chi connectivity index (χ3n) is 2.79. The van der Waals surface area contributed by atoms with Crippen LogP contribution in [0.15, 0.2) is 0 Å². The number of hydrogen-bond donors (Lipinski definition) is 2. The van der Waals surface area contributed by atoms with Crippen molar-refractivity contribution in [1.29, 1.82) is 0 Å². The van der Waals surface area contributed by atoms with E-state index in [-0.39, 0.29) is 5.54 Å². The van der Waals surface area contributed by atoms with Crippen LogP contribution < -0.4 is 5.32 Å². The Hall–Kier alpha value is -1.10. The van der Waals surface area contributed by atoms with Gasteiger partial charge in [0.25, 0.3) is 0 Å². The number of carbonyl (C=O) groups excluding carboxylic acids is 1. The average Bonchev–Trinajstić information content (AvgIpc) is 2.16. The van der Waals surface area contributed by atoms with E-state index < -0.39 is 17.8 Å². The molecule has 1 aliphatic heterocycles. The lowest BCUT2D eigenvalue weighted by molar-refractivity contribution is -0.147. The molecular formula is C10H17NO4. The van der Waals surface area contributed by atoms with Gasteiger partial charge in [0, 0.05) is 18.8 Å². The molecule has 1 heterocycles. The zero-order chi connectivity index (χ0) is 11.5. The van der Waals surface area contributed by atoms with Crippen LogP contribution in [-0.4, -0.2) is 35.7 Å². The molecule has 1 aliphatic rings. The van der Waals surface area contributed by atoms with Crippen LogP contribution in [0.2, 0.25) is 0 Å². The third kappa shape index (κ3) is 3.20. The quantitative estimate of drug-likeness (QED) is 0.668. The molecule has 5 nitrogen and oxygen atoms in total. The maximum atomic E-state index is 11.5. The summed E-state index contributed by atoms with van der Waals surface area (Å²) in [5, 5.41) is 11.5. The van der Waals surface area contributed by atoms with Crippen LogP contribution in [0.25, 0.3) is 0 Å². The molecule has 0 spiro atoms. The largest absolute Gasteiger partial charge is 0.481 e. The van der Waals surface area contributed by atoms with E-state index in [1.165, 1.54) is 6.92 Å². The second kappa shape index (κ2) is 4.61. The van der Waals surface area contributed by atoms with E-state index >= 15 is 0 Å². The average molecular weight is 215 g/mol. The van der Waals surface area contributed by atoms with E-state index in [1.54, 1.807) is 0 Å². The summed E-state index contributed by atoms with van der Waals surface area (Å²) >= 11 is 0. The van der Waals surface area contributed by atoms with Crippen molar-refractivity contribution in [2.75, 3.05) is 13.2 Å². The van der Waals surface area contributed by atoms with Crippen molar-refractivity contribution in [2.24, 2.45) is 5.92 Å². The first-order valence-electron chi connectivity index (χ1n) is 5.07. The molecular weight excluding hydrogens is 198 g/mol. The molecule has 5 heteroatoms. The lowest BCUT2D eigenvalue weighted by atomic mass is 9.91. The summed E-state index contributed by atoms with van der Waals surface area (Å²) in [6.45, 7) is 4.53. The van der Waals surface area contributed by atoms with Gasteiger partial charge in [-0.1, -0.05) is 0 Å². The molecule has 2 N–H and O–H groups in total. The normalized spacial score (nSPS) is 21.7. The van der Waals surface area contributed by atoms with Crippen LogP contribution >= 0.6 is 0 Å². The fourth-order valence-electron chi connectivity index (χ4n) is 1.46. The predicted octanol–water partition coefficient (Wildman–Crippen LogP) is 0.392. The fraction of sp³-hybridized carbons (Fsp3) is 0.800. The lowest BCUT2D eigenvalue weighted by Gasteiger charge is -2.34. The smallest absolute Gasteiger partial charge is 0.315 e. The van der Waals surface area contributed by atoms with Crippen molar-refractivity contribution in [2.45, 2.75) is 32.2 Å². The van der Waals surface area contributed by atoms with Crippen LogP contribution in [0.4, 0.5) is 0 Å². The Morgan fingerprint density at radius 3 is 2.40 bits per heavy atom. The van der Waals surface area contributed by atoms with Crippen LogP contribution in [0.1, 0.15) is 26.7 Å². The Morgan fingerprint density at radius 2 is 1.93 bits per heavy atom. The molecule has 0 aliphatic carbocycles. The van der Waals surface area contributed by atoms with E-state index in [2.05, 4.69) is 5.32 Å². The summed E-state index contributed by atoms with van der Waals surface area (Å²) < 4.78 is 5.19. The summed E-state index contributed by atoms with van der Waals surface area (Å²) in [7, 11) is 0. The van der Waals surface area contributed by atoms with E-state index in [9.17, 15) is 9.59 Å². The summed E-state index contributed by atoms with van der Waals surface area (Å²) in [6, 6.07) is 0. The van der Waals surface area contributed by atoms with E-state index in [0.29, 0.717) is 13.2 Å². The van der Waals surface area contributed by atoms with Gasteiger partial charge >= 0.3 is 5.97 Å². The molecule has 1 amide bonds. The van der Waals surface area contributed by atoms with Gasteiger partial charge in [0.1, 0.15) is 5.92 Å². The SMILES string of the molecule is CC(C(=O)O)C(=O)NC1(C)CCOCC1. The molecule has 15 heavy (non-hydrogen) atoms. The molecule has 1 fully saturated rings. The van der Waals surface area contributed by atoms with Crippen LogP contribution in [-0.2, 0) is 14.3 Å². The molecule has 0 aromatic carbocycles. The van der Waals surface area contributed by atoms with Crippen molar-refractivity contribution >= 4 is 11.9 Å². The highest BCUT2D eigenvalue weighted by molar-refractivity contribution is 5.96. The van der Waals surface area contributed by atoms with Gasteiger partial charge < -0.3 is 15.2 Å². The number of carboxylic acids is 1. The number of carboxylic acid groups (broad SMARTS) is 1. The monoisotopic (exact) mass is 215 g/mol. The number of amides is 1. The number of aliphatic carboxylic acids is 1. The summed E-state index contributed by atoms with van der Waals surface area (Å²) in [4.78, 5) is 22.1. The molecule has 0 radical (unpaired) electrons. The highest BCUT2D eigenvalue weighted by Gasteiger charge is 2.32. The lowest BCUT2D eigenvalue weighted by Crippen LogP contribution is -2.52. The van der Waals surface area contributed by atoms with Gasteiger partial charge in [-0.3, -0.25) is 9.59 Å². The van der Waals surface area contributed by atoms with Gasteiger partial charge in [0.15, 0.2) is 0 Å². The molecule has 0 saturated carbocycles. The summed E-state index contributed by atoms with van der Waals surface area (Å²) in [5.41, 5.74) is -0.320. The molecule has 0 aromatic rings. The minimum Gasteiger partial charge on any atom is -0.481 e. The van der Waals surface area contributed by atoms with Crippen molar-refractivity contribution in [3.8, 4) is 0 Å². The second-order valence-electron chi connectivity index (χ2n) is 4.22. The third-order valence-corrected chi connectivity index (χ3v) is 2.79. The maximum Gasteiger partial charge on any atom is 0.315 e. The van der Waals surface area contributed by atoms with Gasteiger partial charge in [0.05, 0.1) is 0 Å². The number of ether oxygens (including phenoxy) is 1. The molecule has 0 bridgehead atoms. The predicted molar refractivity (Wildman–Crippen MR) is 53.4 cm³/mol. The Morgan fingerprint density at radius 1 is 1.40 bits per heavy atom. The van der Waals surface area contributed by atoms with E-state index in [4.69, 9.17) is 9.84 Å². The van der Waals surface area contributed by atoms with E-state index in [0.717, 1.165) is 12.8 Å². The van der Waals surface area contributed by atoms with Gasteiger partial charge in [-0.25, -0.2) is 0 Å². The second-order valence-corrected chi connectivity index (χ2v) is 4.22. The zero-order valence-electron chi connectivity index (χ0n) is 9.08. The van der Waals surface area contributed by atoms with Gasteiger partial charge in [-0.2, -0.15) is 0 Å². The standard InChI is InChI=1S/C10H17NO4/c1-7(9(13)14)8(12)11-10(2)3-5-15-6-4-10/h7H,3-6H2,1-2H3,(H,11,12)(H,13,14). The number of nitrogens with one attached hydrogen (secondary N) is 1. The molecule has 1 atom stereocenters. The molecule has 1 rings (SSSR count). The van der Waals surface area contributed by atoms with Gasteiger partial charge in [0.2, 0.25) is 5.91 Å². The van der Waals surface area contributed by atoms with Gasteiger partial charge in [-0.05, 0) is 26.7 Å². The summed E-state index contributed by atoms with van der Waals surface area (Å²) in [5.74, 6) is -2.51. The molecule has 86 valence electrons. The number of rotatable bonds is 3. The Kier molecular flexibility index (Phi) is 3.68. The van der Waals surface area contributed by atoms with Crippen LogP contribution in [0.3, 0.4) is 0 Å². The number of hydrogen-bond acceptors (Lipinski definition) is 3. The van der Waals surface area contributed by atoms with Crippen molar-refractivity contribution < 1.29 is 19.4 Å². The minimum atomic E-state index is -1.09. The van der Waals surface area contributed by atoms with Crippen molar-refractivity contribution in [3.63, 3.8) is 0 Å². The minimum absolute atomic E-state index is 0.320. The molecule has 1 saturated heterocycles. The van der Waals surface area contributed by atoms with E-state index in [1.807, 2.05) is 6.92 Å². The maximum absolute atomic E-state index is 11.5. The zero-order valence-corrected chi connectivity index (χ0v) is 9.08. The van der Waals surface area contributed by atoms with Crippen LogP contribution in [0.5, 0.6) is 0 Å². The first-order valence-corrected chi connectivity index (χ1v) is 5.07. The van der Waals surface area contributed by atoms with Crippen molar-refractivity contribution in [1.82, 2.24) is 5.32 Å². The first-order chi connectivity index (χ1) is 6.94. The van der Waals surface area contributed by atoms with Crippen molar-refractivity contribution in [3.05, 3.63) is 0 Å². The number of carbonyl (C=O) groups is 2. The Labute approximate surface area is 88.8 Å². The highest BCUT2D eigenvalue weighted by Crippen LogP contribution is 2.20.